The van der Waals surface area contributed by atoms with E-state index in [9.17, 15) is 14.0 Å². The second kappa shape index (κ2) is 7.59. The molecule has 1 fully saturated rings. The van der Waals surface area contributed by atoms with Gasteiger partial charge in [-0.2, -0.15) is 5.10 Å². The minimum atomic E-state index is -0.199. The Morgan fingerprint density at radius 3 is 2.68 bits per heavy atom. The molecule has 25 heavy (non-hydrogen) atoms. The lowest BCUT2D eigenvalue weighted by molar-refractivity contribution is -0.131. The Labute approximate surface area is 146 Å². The number of nitrogens with zero attached hydrogens (tertiary/aromatic N) is 3. The van der Waals surface area contributed by atoms with Crippen LogP contribution in [-0.4, -0.2) is 33.7 Å². The Hall–Kier alpha value is -2.50. The van der Waals surface area contributed by atoms with Crippen molar-refractivity contribution in [1.29, 1.82) is 0 Å². The van der Waals surface area contributed by atoms with Crippen LogP contribution in [0, 0.1) is 11.7 Å². The Kier molecular flexibility index (Phi) is 5.26. The van der Waals surface area contributed by atoms with Crippen LogP contribution in [0.4, 0.5) is 4.39 Å². The Balaban J connectivity index is 1.52. The maximum Gasteiger partial charge on any atom is 0.266 e. The van der Waals surface area contributed by atoms with Crippen molar-refractivity contribution < 1.29 is 9.18 Å². The number of hydrogen-bond acceptors (Lipinski definition) is 3. The normalized spacial score (nSPS) is 15.4. The predicted molar refractivity (Wildman–Crippen MR) is 92.6 cm³/mol. The zero-order valence-electron chi connectivity index (χ0n) is 14.3. The van der Waals surface area contributed by atoms with Crippen molar-refractivity contribution in [1.82, 2.24) is 14.7 Å². The molecule has 1 saturated heterocycles. The van der Waals surface area contributed by atoms with Crippen molar-refractivity contribution in [3.05, 3.63) is 63.8 Å². The fourth-order valence-electron chi connectivity index (χ4n) is 3.30. The number of piperidine rings is 1. The van der Waals surface area contributed by atoms with Crippen LogP contribution in [0.25, 0.3) is 0 Å². The summed E-state index contributed by atoms with van der Waals surface area (Å²) in [5, 5.41) is 4.11. The van der Waals surface area contributed by atoms with Gasteiger partial charge in [-0.3, -0.25) is 9.59 Å². The topological polar surface area (TPSA) is 55.2 Å². The molecule has 0 atom stereocenters. The lowest BCUT2D eigenvalue weighted by Crippen LogP contribution is -2.40. The number of halogens is 1. The lowest BCUT2D eigenvalue weighted by atomic mass is 9.90. The van der Waals surface area contributed by atoms with Gasteiger partial charge in [0.2, 0.25) is 5.91 Å². The number of carbonyl (C=O) groups excluding carboxylic acids is 1. The van der Waals surface area contributed by atoms with E-state index in [1.54, 1.807) is 25.2 Å². The van der Waals surface area contributed by atoms with Crippen molar-refractivity contribution in [2.75, 3.05) is 13.1 Å². The molecule has 1 aromatic heterocycles. The number of aromatic nitrogens is 2. The van der Waals surface area contributed by atoms with Gasteiger partial charge in [0.25, 0.3) is 5.56 Å². The average molecular weight is 343 g/mol. The van der Waals surface area contributed by atoms with Crippen molar-refractivity contribution >= 4 is 5.91 Å². The van der Waals surface area contributed by atoms with E-state index >= 15 is 0 Å². The molecule has 0 unspecified atom stereocenters. The zero-order chi connectivity index (χ0) is 17.8. The molecular weight excluding hydrogens is 321 g/mol. The van der Waals surface area contributed by atoms with Crippen molar-refractivity contribution in [2.45, 2.75) is 25.7 Å². The quantitative estimate of drug-likeness (QED) is 0.853. The van der Waals surface area contributed by atoms with Gasteiger partial charge < -0.3 is 4.90 Å². The summed E-state index contributed by atoms with van der Waals surface area (Å²) in [4.78, 5) is 25.6. The average Bonchev–Trinajstić information content (AvgIpc) is 2.59. The van der Waals surface area contributed by atoms with Crippen LogP contribution in [0.15, 0.2) is 41.2 Å². The Morgan fingerprint density at radius 1 is 1.24 bits per heavy atom. The molecule has 1 aliphatic rings. The van der Waals surface area contributed by atoms with Gasteiger partial charge in [0, 0.05) is 26.2 Å². The minimum Gasteiger partial charge on any atom is -0.342 e. The van der Waals surface area contributed by atoms with Gasteiger partial charge >= 0.3 is 0 Å². The van der Waals surface area contributed by atoms with Gasteiger partial charge in [-0.25, -0.2) is 9.07 Å². The fourth-order valence-corrected chi connectivity index (χ4v) is 3.30. The maximum atomic E-state index is 13.3. The molecule has 0 spiro atoms. The van der Waals surface area contributed by atoms with E-state index in [0.29, 0.717) is 24.7 Å². The van der Waals surface area contributed by atoms with Crippen LogP contribution < -0.4 is 5.56 Å². The number of likely N-dealkylation sites (tertiary alicyclic amines) is 1. The summed E-state index contributed by atoms with van der Waals surface area (Å²) in [6.07, 6.45) is 2.90. The first-order chi connectivity index (χ1) is 12.0. The second-order valence-corrected chi connectivity index (χ2v) is 6.62. The zero-order valence-corrected chi connectivity index (χ0v) is 14.3. The molecule has 0 bridgehead atoms. The van der Waals surface area contributed by atoms with E-state index in [4.69, 9.17) is 0 Å². The third-order valence-corrected chi connectivity index (χ3v) is 4.73. The van der Waals surface area contributed by atoms with Gasteiger partial charge in [-0.05, 0) is 48.9 Å². The van der Waals surface area contributed by atoms with E-state index in [-0.39, 0.29) is 23.7 Å². The molecule has 1 amide bonds. The van der Waals surface area contributed by atoms with E-state index in [1.165, 1.54) is 16.8 Å². The summed E-state index contributed by atoms with van der Waals surface area (Å²) in [5.74, 6) is 0.312. The van der Waals surface area contributed by atoms with Crippen molar-refractivity contribution in [2.24, 2.45) is 13.0 Å². The number of hydrogen-bond donors (Lipinski definition) is 0. The molecule has 5 nitrogen and oxygen atoms in total. The molecule has 1 aromatic carbocycles. The molecule has 0 radical (unpaired) electrons. The van der Waals surface area contributed by atoms with E-state index in [0.717, 1.165) is 24.8 Å². The number of rotatable bonds is 4. The number of amides is 1. The minimum absolute atomic E-state index is 0.0374. The monoisotopic (exact) mass is 343 g/mol. The van der Waals surface area contributed by atoms with Gasteiger partial charge in [-0.15, -0.1) is 0 Å². The SMILES string of the molecule is Cn1nc(CC(=O)N2CCC(Cc3cccc(F)c3)CC2)ccc1=O. The third kappa shape index (κ3) is 4.53. The van der Waals surface area contributed by atoms with E-state index in [1.807, 2.05) is 11.0 Å². The Bertz CT molecular complexity index is 810. The molecule has 0 aliphatic carbocycles. The van der Waals surface area contributed by atoms with Crippen LogP contribution in [-0.2, 0) is 24.7 Å². The van der Waals surface area contributed by atoms with Gasteiger partial charge in [-0.1, -0.05) is 12.1 Å². The highest BCUT2D eigenvalue weighted by Crippen LogP contribution is 2.22. The second-order valence-electron chi connectivity index (χ2n) is 6.62. The lowest BCUT2D eigenvalue weighted by Gasteiger charge is -2.32. The number of benzene rings is 1. The molecule has 0 N–H and O–H groups in total. The summed E-state index contributed by atoms with van der Waals surface area (Å²) in [5.41, 5.74) is 1.43. The van der Waals surface area contributed by atoms with Crippen LogP contribution in [0.3, 0.4) is 0 Å². The van der Waals surface area contributed by atoms with Crippen LogP contribution in [0.1, 0.15) is 24.1 Å². The van der Waals surface area contributed by atoms with Gasteiger partial charge in [0.15, 0.2) is 0 Å². The summed E-state index contributed by atoms with van der Waals surface area (Å²) in [6, 6.07) is 9.77. The molecule has 1 aliphatic heterocycles. The highest BCUT2D eigenvalue weighted by Gasteiger charge is 2.23. The smallest absolute Gasteiger partial charge is 0.266 e. The van der Waals surface area contributed by atoms with Gasteiger partial charge in [0.1, 0.15) is 5.82 Å². The first-order valence-electron chi connectivity index (χ1n) is 8.57. The molecule has 2 heterocycles. The largest absolute Gasteiger partial charge is 0.342 e. The number of aryl methyl sites for hydroxylation is 1. The first-order valence-corrected chi connectivity index (χ1v) is 8.57. The van der Waals surface area contributed by atoms with E-state index < -0.39 is 0 Å². The first kappa shape index (κ1) is 17.3. The highest BCUT2D eigenvalue weighted by atomic mass is 19.1. The standard InChI is InChI=1S/C19H22FN3O2/c1-22-18(24)6-5-17(21-22)13-19(25)23-9-7-14(8-10-23)11-15-3-2-4-16(20)12-15/h2-6,12,14H,7-11,13H2,1H3. The molecule has 2 aromatic rings. The van der Waals surface area contributed by atoms with E-state index in [2.05, 4.69) is 5.10 Å². The summed E-state index contributed by atoms with van der Waals surface area (Å²) in [7, 11) is 1.58. The van der Waals surface area contributed by atoms with Crippen LogP contribution in [0.5, 0.6) is 0 Å². The van der Waals surface area contributed by atoms with Crippen LogP contribution >= 0.6 is 0 Å². The molecule has 3 rings (SSSR count). The molecule has 6 heteroatoms. The summed E-state index contributed by atoms with van der Waals surface area (Å²) in [6.45, 7) is 1.43. The van der Waals surface area contributed by atoms with Gasteiger partial charge in [0.05, 0.1) is 12.1 Å². The predicted octanol–water partition coefficient (Wildman–Crippen LogP) is 1.94. The van der Waals surface area contributed by atoms with Crippen LogP contribution in [0.2, 0.25) is 0 Å². The molecule has 0 saturated carbocycles. The third-order valence-electron chi connectivity index (χ3n) is 4.73. The molecular formula is C19H22FN3O2. The highest BCUT2D eigenvalue weighted by molar-refractivity contribution is 5.78. The maximum absolute atomic E-state index is 13.3. The van der Waals surface area contributed by atoms with Crippen molar-refractivity contribution in [3.8, 4) is 0 Å². The summed E-state index contributed by atoms with van der Waals surface area (Å²) >= 11 is 0. The fraction of sp³-hybridized carbons (Fsp3) is 0.421. The van der Waals surface area contributed by atoms with Crippen molar-refractivity contribution in [3.63, 3.8) is 0 Å². The summed E-state index contributed by atoms with van der Waals surface area (Å²) < 4.78 is 14.5. The number of carbonyl (C=O) groups is 1. The Morgan fingerprint density at radius 2 is 2.00 bits per heavy atom. The molecule has 132 valence electrons.